The van der Waals surface area contributed by atoms with Gasteiger partial charge in [0.15, 0.2) is 11.5 Å². The van der Waals surface area contributed by atoms with Gasteiger partial charge >= 0.3 is 0 Å². The lowest BCUT2D eigenvalue weighted by Crippen LogP contribution is -2.12. The van der Waals surface area contributed by atoms with Crippen LogP contribution in [-0.4, -0.2) is 19.6 Å². The van der Waals surface area contributed by atoms with E-state index in [0.717, 1.165) is 3.57 Å². The highest BCUT2D eigenvalue weighted by atomic mass is 127. The van der Waals surface area contributed by atoms with Crippen molar-refractivity contribution >= 4 is 34.6 Å². The quantitative estimate of drug-likeness (QED) is 0.487. The van der Waals surface area contributed by atoms with Crippen molar-refractivity contribution in [3.05, 3.63) is 26.8 Å². The Labute approximate surface area is 125 Å². The zero-order valence-electron chi connectivity index (χ0n) is 10.6. The molecule has 0 unspecified atom stereocenters. The fraction of sp³-hybridized carbons (Fsp3) is 0.231. The van der Waals surface area contributed by atoms with Gasteiger partial charge in [-0.25, -0.2) is 0 Å². The summed E-state index contributed by atoms with van der Waals surface area (Å²) in [6.45, 7) is 2.35. The molecule has 0 fully saturated rings. The molecule has 0 saturated carbocycles. The van der Waals surface area contributed by atoms with Crippen LogP contribution in [0.3, 0.4) is 0 Å². The van der Waals surface area contributed by atoms with Gasteiger partial charge in [-0.2, -0.15) is 5.26 Å². The summed E-state index contributed by atoms with van der Waals surface area (Å²) in [7, 11) is 1.56. The molecule has 1 aromatic carbocycles. The number of primary amides is 1. The lowest BCUT2D eigenvalue weighted by Gasteiger charge is -2.12. The maximum atomic E-state index is 11.0. The van der Waals surface area contributed by atoms with Gasteiger partial charge in [0.25, 0.3) is 5.91 Å². The van der Waals surface area contributed by atoms with Crippen molar-refractivity contribution in [2.45, 2.75) is 6.92 Å². The first kappa shape index (κ1) is 15.3. The van der Waals surface area contributed by atoms with Crippen LogP contribution in [0.1, 0.15) is 12.5 Å². The molecule has 0 aliphatic carbocycles. The number of carbonyl (C=O) groups excluding carboxylic acids is 1. The van der Waals surface area contributed by atoms with Gasteiger partial charge in [-0.3, -0.25) is 4.79 Å². The molecule has 100 valence electrons. The Morgan fingerprint density at radius 3 is 2.74 bits per heavy atom. The van der Waals surface area contributed by atoms with E-state index in [4.69, 9.17) is 20.5 Å². The Morgan fingerprint density at radius 1 is 1.58 bits per heavy atom. The standard InChI is InChI=1S/C13H13IN2O3/c1-3-19-11-6-8(4-9(7-15)13(16)17)5-10(14)12(11)18-2/h4-6H,3H2,1-2H3,(H2,16,17)/b9-4+. The third-order valence-electron chi connectivity index (χ3n) is 2.23. The second kappa shape index (κ2) is 6.99. The Balaban J connectivity index is 3.32. The van der Waals surface area contributed by atoms with Crippen LogP contribution in [0.15, 0.2) is 17.7 Å². The number of nitrogens with zero attached hydrogens (tertiary/aromatic N) is 1. The van der Waals surface area contributed by atoms with Crippen LogP contribution in [0.2, 0.25) is 0 Å². The van der Waals surface area contributed by atoms with Crippen LogP contribution >= 0.6 is 22.6 Å². The Hall–Kier alpha value is -1.75. The molecule has 0 heterocycles. The number of benzene rings is 1. The van der Waals surface area contributed by atoms with Crippen LogP contribution in [0, 0.1) is 14.9 Å². The van der Waals surface area contributed by atoms with Crippen LogP contribution in [0.5, 0.6) is 11.5 Å². The minimum atomic E-state index is -0.758. The number of rotatable bonds is 5. The van der Waals surface area contributed by atoms with Crippen molar-refractivity contribution in [1.82, 2.24) is 0 Å². The lowest BCUT2D eigenvalue weighted by atomic mass is 10.1. The summed E-state index contributed by atoms with van der Waals surface area (Å²) < 4.78 is 11.5. The summed E-state index contributed by atoms with van der Waals surface area (Å²) in [6.07, 6.45) is 1.42. The van der Waals surface area contributed by atoms with Gasteiger partial charge in [0, 0.05) is 0 Å². The first-order chi connectivity index (χ1) is 9.03. The second-order valence-corrected chi connectivity index (χ2v) is 4.66. The molecule has 0 radical (unpaired) electrons. The van der Waals surface area contributed by atoms with Gasteiger partial charge in [-0.1, -0.05) is 0 Å². The fourth-order valence-electron chi connectivity index (χ4n) is 1.46. The number of nitrogens with two attached hydrogens (primary N) is 1. The summed E-state index contributed by atoms with van der Waals surface area (Å²) in [5.41, 5.74) is 5.65. The van der Waals surface area contributed by atoms with E-state index in [9.17, 15) is 4.79 Å². The van der Waals surface area contributed by atoms with E-state index in [1.54, 1.807) is 25.3 Å². The molecular weight excluding hydrogens is 359 g/mol. The highest BCUT2D eigenvalue weighted by Gasteiger charge is 2.11. The Bertz CT molecular complexity index is 562. The molecule has 6 heteroatoms. The molecule has 1 rings (SSSR count). The minimum absolute atomic E-state index is 0.108. The summed E-state index contributed by atoms with van der Waals surface area (Å²) in [5.74, 6) is 0.424. The van der Waals surface area contributed by atoms with E-state index in [-0.39, 0.29) is 5.57 Å². The van der Waals surface area contributed by atoms with Crippen molar-refractivity contribution in [2.24, 2.45) is 5.73 Å². The first-order valence-electron chi connectivity index (χ1n) is 5.45. The molecule has 0 spiro atoms. The van der Waals surface area contributed by atoms with Crippen LogP contribution < -0.4 is 15.2 Å². The maximum Gasteiger partial charge on any atom is 0.259 e. The zero-order chi connectivity index (χ0) is 14.4. The average Bonchev–Trinajstić information content (AvgIpc) is 2.35. The summed E-state index contributed by atoms with van der Waals surface area (Å²) in [6, 6.07) is 5.24. The van der Waals surface area contributed by atoms with Crippen molar-refractivity contribution in [3.8, 4) is 17.6 Å². The van der Waals surface area contributed by atoms with Crippen LogP contribution in [-0.2, 0) is 4.79 Å². The second-order valence-electron chi connectivity index (χ2n) is 3.50. The normalized spacial score (nSPS) is 10.7. The van der Waals surface area contributed by atoms with E-state index in [1.807, 2.05) is 6.92 Å². The van der Waals surface area contributed by atoms with Crippen molar-refractivity contribution < 1.29 is 14.3 Å². The summed E-state index contributed by atoms with van der Waals surface area (Å²) in [4.78, 5) is 11.0. The number of methoxy groups -OCH3 is 1. The van der Waals surface area contributed by atoms with Crippen molar-refractivity contribution in [1.29, 1.82) is 5.26 Å². The van der Waals surface area contributed by atoms with Crippen LogP contribution in [0.4, 0.5) is 0 Å². The van der Waals surface area contributed by atoms with Gasteiger partial charge in [0.1, 0.15) is 11.6 Å². The maximum absolute atomic E-state index is 11.0. The summed E-state index contributed by atoms with van der Waals surface area (Å²) in [5, 5.41) is 8.82. The molecular formula is C13H13IN2O3. The molecule has 0 aromatic heterocycles. The van der Waals surface area contributed by atoms with Gasteiger partial charge in [0.05, 0.1) is 17.3 Å². The Kier molecular flexibility index (Phi) is 5.63. The van der Waals surface area contributed by atoms with E-state index < -0.39 is 5.91 Å². The largest absolute Gasteiger partial charge is 0.492 e. The number of amides is 1. The van der Waals surface area contributed by atoms with Crippen molar-refractivity contribution in [3.63, 3.8) is 0 Å². The predicted octanol–water partition coefficient (Wildman–Crippen LogP) is 2.09. The molecule has 0 bridgehead atoms. The SMILES string of the molecule is CCOc1cc(/C=C(\C#N)C(N)=O)cc(I)c1OC. The molecule has 0 aliphatic rings. The number of halogens is 1. The molecule has 0 aliphatic heterocycles. The number of hydrogen-bond donors (Lipinski definition) is 1. The van der Waals surface area contributed by atoms with Gasteiger partial charge in [-0.15, -0.1) is 0 Å². The highest BCUT2D eigenvalue weighted by molar-refractivity contribution is 14.1. The van der Waals surface area contributed by atoms with Gasteiger partial charge in [-0.05, 0) is 53.3 Å². The third kappa shape index (κ3) is 3.86. The van der Waals surface area contributed by atoms with Crippen molar-refractivity contribution in [2.75, 3.05) is 13.7 Å². The highest BCUT2D eigenvalue weighted by Crippen LogP contribution is 2.34. The van der Waals surface area contributed by atoms with Gasteiger partial charge < -0.3 is 15.2 Å². The molecule has 2 N–H and O–H groups in total. The average molecular weight is 372 g/mol. The number of carbonyl (C=O) groups is 1. The van der Waals surface area contributed by atoms with E-state index in [0.29, 0.717) is 23.7 Å². The topological polar surface area (TPSA) is 85.3 Å². The third-order valence-corrected chi connectivity index (χ3v) is 3.03. The monoisotopic (exact) mass is 372 g/mol. The molecule has 0 atom stereocenters. The molecule has 0 saturated heterocycles. The number of ether oxygens (including phenoxy) is 2. The zero-order valence-corrected chi connectivity index (χ0v) is 12.7. The smallest absolute Gasteiger partial charge is 0.259 e. The Morgan fingerprint density at radius 2 is 2.26 bits per heavy atom. The number of nitriles is 1. The first-order valence-corrected chi connectivity index (χ1v) is 6.53. The molecule has 1 amide bonds. The van der Waals surface area contributed by atoms with Crippen LogP contribution in [0.25, 0.3) is 6.08 Å². The number of hydrogen-bond acceptors (Lipinski definition) is 4. The minimum Gasteiger partial charge on any atom is -0.492 e. The lowest BCUT2D eigenvalue weighted by molar-refractivity contribution is -0.114. The molecule has 19 heavy (non-hydrogen) atoms. The molecule has 5 nitrogen and oxygen atoms in total. The fourth-order valence-corrected chi connectivity index (χ4v) is 2.30. The summed E-state index contributed by atoms with van der Waals surface area (Å²) >= 11 is 2.09. The predicted molar refractivity (Wildman–Crippen MR) is 79.7 cm³/mol. The van der Waals surface area contributed by atoms with Gasteiger partial charge in [0.2, 0.25) is 0 Å². The van der Waals surface area contributed by atoms with E-state index >= 15 is 0 Å². The molecule has 1 aromatic rings. The van der Waals surface area contributed by atoms with E-state index in [2.05, 4.69) is 22.6 Å². The van der Waals surface area contributed by atoms with E-state index in [1.165, 1.54) is 6.08 Å².